The van der Waals surface area contributed by atoms with Crippen LogP contribution >= 0.6 is 0 Å². The summed E-state index contributed by atoms with van der Waals surface area (Å²) in [5.41, 5.74) is 8.04. The Bertz CT molecular complexity index is 682. The van der Waals surface area contributed by atoms with Crippen molar-refractivity contribution >= 4 is 10.0 Å². The highest BCUT2D eigenvalue weighted by Gasteiger charge is 2.22. The van der Waals surface area contributed by atoms with Gasteiger partial charge < -0.3 is 5.73 Å². The molecule has 0 fully saturated rings. The van der Waals surface area contributed by atoms with Gasteiger partial charge in [-0.2, -0.15) is 0 Å². The fourth-order valence-electron chi connectivity index (χ4n) is 2.07. The standard InChI is InChI=1S/C16H20N2O2S/c1-12-8-10-15(11-9-12)21(19,20)18-13(2)16(17)14-6-4-3-5-7-14/h3-11,13,16,18H,17H2,1-2H3. The molecule has 2 atom stereocenters. The van der Waals surface area contributed by atoms with Gasteiger partial charge in [0.25, 0.3) is 0 Å². The van der Waals surface area contributed by atoms with Gasteiger partial charge in [-0.15, -0.1) is 0 Å². The number of benzene rings is 2. The Hall–Kier alpha value is -1.69. The number of aryl methyl sites for hydroxylation is 1. The molecule has 5 heteroatoms. The van der Waals surface area contributed by atoms with Crippen molar-refractivity contribution in [3.63, 3.8) is 0 Å². The second-order valence-corrected chi connectivity index (χ2v) is 6.87. The van der Waals surface area contributed by atoms with E-state index in [-0.39, 0.29) is 4.90 Å². The summed E-state index contributed by atoms with van der Waals surface area (Å²) >= 11 is 0. The first-order chi connectivity index (χ1) is 9.90. The van der Waals surface area contributed by atoms with Gasteiger partial charge in [-0.1, -0.05) is 48.0 Å². The summed E-state index contributed by atoms with van der Waals surface area (Å²) in [5.74, 6) is 0. The molecule has 2 aromatic rings. The molecule has 0 aliphatic rings. The maximum absolute atomic E-state index is 12.3. The van der Waals surface area contributed by atoms with Crippen LogP contribution in [0.25, 0.3) is 0 Å². The van der Waals surface area contributed by atoms with Gasteiger partial charge in [0.05, 0.1) is 4.90 Å². The number of nitrogens with two attached hydrogens (primary N) is 1. The second-order valence-electron chi connectivity index (χ2n) is 5.16. The van der Waals surface area contributed by atoms with Gasteiger partial charge in [-0.05, 0) is 31.5 Å². The summed E-state index contributed by atoms with van der Waals surface area (Å²) in [5, 5.41) is 0. The van der Waals surface area contributed by atoms with Gasteiger partial charge in [0.2, 0.25) is 10.0 Å². The second kappa shape index (κ2) is 6.39. The number of rotatable bonds is 5. The first-order valence-electron chi connectivity index (χ1n) is 6.79. The molecule has 2 unspecified atom stereocenters. The van der Waals surface area contributed by atoms with E-state index >= 15 is 0 Å². The third kappa shape index (κ3) is 3.91. The summed E-state index contributed by atoms with van der Waals surface area (Å²) < 4.78 is 27.3. The maximum Gasteiger partial charge on any atom is 0.240 e. The van der Waals surface area contributed by atoms with Crippen LogP contribution < -0.4 is 10.5 Å². The van der Waals surface area contributed by atoms with Crippen molar-refractivity contribution in [1.29, 1.82) is 0 Å². The Balaban J connectivity index is 2.14. The molecule has 2 rings (SSSR count). The van der Waals surface area contributed by atoms with E-state index in [2.05, 4.69) is 4.72 Å². The molecule has 0 saturated carbocycles. The molecule has 0 radical (unpaired) electrons. The maximum atomic E-state index is 12.3. The first-order valence-corrected chi connectivity index (χ1v) is 8.28. The van der Waals surface area contributed by atoms with E-state index in [1.54, 1.807) is 31.2 Å². The summed E-state index contributed by atoms with van der Waals surface area (Å²) in [7, 11) is -3.56. The van der Waals surface area contributed by atoms with Crippen LogP contribution in [0.1, 0.15) is 24.1 Å². The molecular formula is C16H20N2O2S. The molecule has 2 aromatic carbocycles. The van der Waals surface area contributed by atoms with Crippen LogP contribution in [-0.4, -0.2) is 14.5 Å². The van der Waals surface area contributed by atoms with E-state index in [0.717, 1.165) is 11.1 Å². The zero-order valence-electron chi connectivity index (χ0n) is 12.2. The summed E-state index contributed by atoms with van der Waals surface area (Å²) in [6.07, 6.45) is 0. The molecule has 4 nitrogen and oxygen atoms in total. The Morgan fingerprint density at radius 1 is 1.00 bits per heavy atom. The molecular weight excluding hydrogens is 284 g/mol. The minimum Gasteiger partial charge on any atom is -0.323 e. The van der Waals surface area contributed by atoms with Crippen LogP contribution in [0, 0.1) is 6.92 Å². The zero-order valence-corrected chi connectivity index (χ0v) is 13.0. The van der Waals surface area contributed by atoms with Crippen LogP contribution in [0.5, 0.6) is 0 Å². The monoisotopic (exact) mass is 304 g/mol. The highest BCUT2D eigenvalue weighted by molar-refractivity contribution is 7.89. The normalized spacial score (nSPS) is 14.6. The molecule has 0 bridgehead atoms. The van der Waals surface area contributed by atoms with Crippen molar-refractivity contribution in [2.75, 3.05) is 0 Å². The molecule has 0 aliphatic carbocycles. The van der Waals surface area contributed by atoms with Gasteiger partial charge >= 0.3 is 0 Å². The lowest BCUT2D eigenvalue weighted by Gasteiger charge is -2.21. The Morgan fingerprint density at radius 2 is 1.57 bits per heavy atom. The van der Waals surface area contributed by atoms with Gasteiger partial charge in [0, 0.05) is 12.1 Å². The molecule has 0 heterocycles. The van der Waals surface area contributed by atoms with Crippen LogP contribution in [0.3, 0.4) is 0 Å². The van der Waals surface area contributed by atoms with Gasteiger partial charge in [0.15, 0.2) is 0 Å². The van der Waals surface area contributed by atoms with E-state index in [1.165, 1.54) is 0 Å². The molecule has 0 aromatic heterocycles. The Kier molecular flexibility index (Phi) is 4.77. The molecule has 0 saturated heterocycles. The van der Waals surface area contributed by atoms with E-state index in [1.807, 2.05) is 37.3 Å². The lowest BCUT2D eigenvalue weighted by atomic mass is 10.0. The summed E-state index contributed by atoms with van der Waals surface area (Å²) in [4.78, 5) is 0.250. The number of hydrogen-bond acceptors (Lipinski definition) is 3. The fourth-order valence-corrected chi connectivity index (χ4v) is 3.33. The van der Waals surface area contributed by atoms with Gasteiger partial charge in [-0.3, -0.25) is 0 Å². The quantitative estimate of drug-likeness (QED) is 0.890. The number of hydrogen-bond donors (Lipinski definition) is 2. The van der Waals surface area contributed by atoms with Crippen molar-refractivity contribution in [3.05, 3.63) is 65.7 Å². The molecule has 3 N–H and O–H groups in total. The Labute approximate surface area is 126 Å². The third-order valence-corrected chi connectivity index (χ3v) is 4.97. The molecule has 0 amide bonds. The lowest BCUT2D eigenvalue weighted by Crippen LogP contribution is -2.40. The average molecular weight is 304 g/mol. The van der Waals surface area contributed by atoms with Crippen LogP contribution in [0.2, 0.25) is 0 Å². The Morgan fingerprint density at radius 3 is 2.14 bits per heavy atom. The van der Waals surface area contributed by atoms with Crippen molar-refractivity contribution < 1.29 is 8.42 Å². The largest absolute Gasteiger partial charge is 0.323 e. The number of sulfonamides is 1. The van der Waals surface area contributed by atoms with E-state index in [9.17, 15) is 8.42 Å². The van der Waals surface area contributed by atoms with Gasteiger partial charge in [0.1, 0.15) is 0 Å². The predicted octanol–water partition coefficient (Wildman–Crippen LogP) is 2.36. The minimum atomic E-state index is -3.56. The number of nitrogens with one attached hydrogen (secondary N) is 1. The molecule has 21 heavy (non-hydrogen) atoms. The molecule has 0 spiro atoms. The van der Waals surface area contributed by atoms with Crippen LogP contribution in [-0.2, 0) is 10.0 Å². The first kappa shape index (κ1) is 15.7. The van der Waals surface area contributed by atoms with E-state index in [0.29, 0.717) is 0 Å². The van der Waals surface area contributed by atoms with Crippen molar-refractivity contribution in [2.24, 2.45) is 5.73 Å². The van der Waals surface area contributed by atoms with E-state index < -0.39 is 22.1 Å². The highest BCUT2D eigenvalue weighted by atomic mass is 32.2. The average Bonchev–Trinajstić information content (AvgIpc) is 2.47. The van der Waals surface area contributed by atoms with Crippen molar-refractivity contribution in [3.8, 4) is 0 Å². The van der Waals surface area contributed by atoms with Crippen LogP contribution in [0.4, 0.5) is 0 Å². The zero-order chi connectivity index (χ0) is 15.5. The summed E-state index contributed by atoms with van der Waals surface area (Å²) in [6.45, 7) is 3.68. The summed E-state index contributed by atoms with van der Waals surface area (Å²) in [6, 6.07) is 15.4. The topological polar surface area (TPSA) is 72.2 Å². The third-order valence-electron chi connectivity index (χ3n) is 3.40. The fraction of sp³-hybridized carbons (Fsp3) is 0.250. The SMILES string of the molecule is Cc1ccc(S(=O)(=O)NC(C)C(N)c2ccccc2)cc1. The van der Waals surface area contributed by atoms with Crippen LogP contribution in [0.15, 0.2) is 59.5 Å². The minimum absolute atomic E-state index is 0.250. The van der Waals surface area contributed by atoms with Crippen molar-refractivity contribution in [2.45, 2.75) is 30.8 Å². The highest BCUT2D eigenvalue weighted by Crippen LogP contribution is 2.16. The molecule has 112 valence electrons. The van der Waals surface area contributed by atoms with Gasteiger partial charge in [-0.25, -0.2) is 13.1 Å². The van der Waals surface area contributed by atoms with E-state index in [4.69, 9.17) is 5.73 Å². The van der Waals surface area contributed by atoms with Crippen molar-refractivity contribution in [1.82, 2.24) is 4.72 Å². The predicted molar refractivity (Wildman–Crippen MR) is 84.3 cm³/mol. The lowest BCUT2D eigenvalue weighted by molar-refractivity contribution is 0.515. The molecule has 0 aliphatic heterocycles. The smallest absolute Gasteiger partial charge is 0.240 e.